The maximum atomic E-state index is 12.3. The van der Waals surface area contributed by atoms with Crippen LogP contribution in [0.5, 0.6) is 5.75 Å². The predicted molar refractivity (Wildman–Crippen MR) is 81.2 cm³/mol. The van der Waals surface area contributed by atoms with Crippen molar-refractivity contribution in [3.63, 3.8) is 0 Å². The van der Waals surface area contributed by atoms with Crippen molar-refractivity contribution in [1.82, 2.24) is 0 Å². The average Bonchev–Trinajstić information content (AvgIpc) is 2.40. The zero-order valence-corrected chi connectivity index (χ0v) is 13.0. The van der Waals surface area contributed by atoms with Gasteiger partial charge in [-0.25, -0.2) is 0 Å². The van der Waals surface area contributed by atoms with Crippen molar-refractivity contribution < 1.29 is 14.3 Å². The van der Waals surface area contributed by atoms with Gasteiger partial charge >= 0.3 is 0 Å². The van der Waals surface area contributed by atoms with E-state index >= 15 is 0 Å². The summed E-state index contributed by atoms with van der Waals surface area (Å²) in [6.45, 7) is 10.1. The zero-order valence-electron chi connectivity index (χ0n) is 13.0. The lowest BCUT2D eigenvalue weighted by Crippen LogP contribution is -2.42. The van der Waals surface area contributed by atoms with Crippen LogP contribution in [0.15, 0.2) is 24.3 Å². The van der Waals surface area contributed by atoms with Gasteiger partial charge in [0.25, 0.3) is 5.91 Å². The Balaban J connectivity index is 2.70. The SMILES string of the molecule is CCOC(C)(CC)C(=O)Nc1ccc(OC(C)C)cc1. The second-order valence-corrected chi connectivity index (χ2v) is 5.16. The van der Waals surface area contributed by atoms with Crippen LogP contribution in [-0.4, -0.2) is 24.2 Å². The minimum absolute atomic E-state index is 0.126. The van der Waals surface area contributed by atoms with Crippen LogP contribution in [0.1, 0.15) is 41.0 Å². The molecule has 0 spiro atoms. The number of benzene rings is 1. The lowest BCUT2D eigenvalue weighted by Gasteiger charge is -2.26. The standard InChI is InChI=1S/C16H25NO3/c1-6-16(5,19-7-2)15(18)17-13-8-10-14(11-9-13)20-12(3)4/h8-12H,6-7H2,1-5H3,(H,17,18). The number of hydrogen-bond donors (Lipinski definition) is 1. The van der Waals surface area contributed by atoms with E-state index in [4.69, 9.17) is 9.47 Å². The van der Waals surface area contributed by atoms with Gasteiger partial charge in [-0.1, -0.05) is 6.92 Å². The maximum Gasteiger partial charge on any atom is 0.256 e. The van der Waals surface area contributed by atoms with Crippen LogP contribution in [0.3, 0.4) is 0 Å². The van der Waals surface area contributed by atoms with Gasteiger partial charge in [-0.05, 0) is 58.4 Å². The molecule has 0 bridgehead atoms. The molecular weight excluding hydrogens is 254 g/mol. The third kappa shape index (κ3) is 4.53. The van der Waals surface area contributed by atoms with Gasteiger partial charge in [0.15, 0.2) is 0 Å². The molecule has 1 unspecified atom stereocenters. The quantitative estimate of drug-likeness (QED) is 0.829. The van der Waals surface area contributed by atoms with Crippen molar-refractivity contribution in [2.75, 3.05) is 11.9 Å². The van der Waals surface area contributed by atoms with Crippen LogP contribution in [0, 0.1) is 0 Å². The number of nitrogens with one attached hydrogen (secondary N) is 1. The van der Waals surface area contributed by atoms with Crippen LogP contribution >= 0.6 is 0 Å². The van der Waals surface area contributed by atoms with Gasteiger partial charge in [0.05, 0.1) is 6.10 Å². The maximum absolute atomic E-state index is 12.3. The lowest BCUT2D eigenvalue weighted by molar-refractivity contribution is -0.139. The first kappa shape index (κ1) is 16.5. The summed E-state index contributed by atoms with van der Waals surface area (Å²) in [5.74, 6) is 0.667. The van der Waals surface area contributed by atoms with E-state index in [2.05, 4.69) is 5.32 Å². The van der Waals surface area contributed by atoms with Crippen LogP contribution in [0.25, 0.3) is 0 Å². The molecule has 0 aliphatic rings. The van der Waals surface area contributed by atoms with Crippen molar-refractivity contribution in [2.24, 2.45) is 0 Å². The molecule has 1 rings (SSSR count). The molecule has 0 saturated heterocycles. The van der Waals surface area contributed by atoms with E-state index in [1.54, 1.807) is 0 Å². The molecule has 1 aromatic rings. The number of carbonyl (C=O) groups is 1. The minimum Gasteiger partial charge on any atom is -0.491 e. The highest BCUT2D eigenvalue weighted by Gasteiger charge is 2.31. The summed E-state index contributed by atoms with van der Waals surface area (Å²) < 4.78 is 11.1. The number of carbonyl (C=O) groups excluding carboxylic acids is 1. The number of ether oxygens (including phenoxy) is 2. The molecule has 0 fully saturated rings. The van der Waals surface area contributed by atoms with E-state index in [1.165, 1.54) is 0 Å². The van der Waals surface area contributed by atoms with Crippen LogP contribution in [0.2, 0.25) is 0 Å². The van der Waals surface area contributed by atoms with Gasteiger partial charge in [-0.15, -0.1) is 0 Å². The van der Waals surface area contributed by atoms with Crippen LogP contribution in [0.4, 0.5) is 5.69 Å². The second-order valence-electron chi connectivity index (χ2n) is 5.16. The normalized spacial score (nSPS) is 13.9. The molecule has 1 atom stereocenters. The van der Waals surface area contributed by atoms with E-state index in [-0.39, 0.29) is 12.0 Å². The molecule has 1 N–H and O–H groups in total. The molecule has 0 aromatic heterocycles. The van der Waals surface area contributed by atoms with Crippen LogP contribution in [-0.2, 0) is 9.53 Å². The predicted octanol–water partition coefficient (Wildman–Crippen LogP) is 3.62. The Morgan fingerprint density at radius 3 is 2.30 bits per heavy atom. The third-order valence-electron chi connectivity index (χ3n) is 3.10. The molecule has 1 aromatic carbocycles. The molecule has 112 valence electrons. The monoisotopic (exact) mass is 279 g/mol. The minimum atomic E-state index is -0.790. The van der Waals surface area contributed by atoms with Gasteiger partial charge in [0.2, 0.25) is 0 Å². The van der Waals surface area contributed by atoms with E-state index in [0.717, 1.165) is 11.4 Å². The van der Waals surface area contributed by atoms with E-state index in [9.17, 15) is 4.79 Å². The number of rotatable bonds is 7. The molecule has 20 heavy (non-hydrogen) atoms. The Labute approximate surface area is 121 Å². The average molecular weight is 279 g/mol. The van der Waals surface area contributed by atoms with Gasteiger partial charge < -0.3 is 14.8 Å². The first-order valence-electron chi connectivity index (χ1n) is 7.13. The molecule has 0 aliphatic heterocycles. The molecule has 1 amide bonds. The van der Waals surface area contributed by atoms with Gasteiger partial charge in [-0.3, -0.25) is 4.79 Å². The lowest BCUT2D eigenvalue weighted by atomic mass is 10.0. The molecule has 4 heteroatoms. The fourth-order valence-corrected chi connectivity index (χ4v) is 1.80. The largest absolute Gasteiger partial charge is 0.491 e. The molecule has 0 saturated carbocycles. The first-order valence-corrected chi connectivity index (χ1v) is 7.13. The van der Waals surface area contributed by atoms with E-state index in [1.807, 2.05) is 58.9 Å². The molecule has 4 nitrogen and oxygen atoms in total. The Kier molecular flexibility index (Phi) is 6.02. The Morgan fingerprint density at radius 1 is 1.25 bits per heavy atom. The highest BCUT2D eigenvalue weighted by atomic mass is 16.5. The first-order chi connectivity index (χ1) is 9.41. The summed E-state index contributed by atoms with van der Waals surface area (Å²) in [5.41, 5.74) is -0.0486. The summed E-state index contributed by atoms with van der Waals surface area (Å²) in [5, 5.41) is 2.88. The summed E-state index contributed by atoms with van der Waals surface area (Å²) in [6, 6.07) is 7.36. The highest BCUT2D eigenvalue weighted by molar-refractivity contribution is 5.97. The zero-order chi connectivity index (χ0) is 15.2. The fraction of sp³-hybridized carbons (Fsp3) is 0.562. The number of amides is 1. The topological polar surface area (TPSA) is 47.6 Å². The van der Waals surface area contributed by atoms with Crippen LogP contribution < -0.4 is 10.1 Å². The molecule has 0 heterocycles. The fourth-order valence-electron chi connectivity index (χ4n) is 1.80. The van der Waals surface area contributed by atoms with Crippen molar-refractivity contribution >= 4 is 11.6 Å². The summed E-state index contributed by atoms with van der Waals surface area (Å²) in [7, 11) is 0. The smallest absolute Gasteiger partial charge is 0.256 e. The van der Waals surface area contributed by atoms with Gasteiger partial charge in [-0.2, -0.15) is 0 Å². The summed E-state index contributed by atoms with van der Waals surface area (Å²) >= 11 is 0. The number of anilines is 1. The Hall–Kier alpha value is -1.55. The molecule has 0 aliphatic carbocycles. The Morgan fingerprint density at radius 2 is 1.85 bits per heavy atom. The van der Waals surface area contributed by atoms with Crippen molar-refractivity contribution in [3.8, 4) is 5.75 Å². The highest BCUT2D eigenvalue weighted by Crippen LogP contribution is 2.21. The van der Waals surface area contributed by atoms with E-state index < -0.39 is 5.60 Å². The van der Waals surface area contributed by atoms with Crippen molar-refractivity contribution in [1.29, 1.82) is 0 Å². The number of hydrogen-bond acceptors (Lipinski definition) is 3. The Bertz CT molecular complexity index is 428. The second kappa shape index (κ2) is 7.29. The van der Waals surface area contributed by atoms with Crippen molar-refractivity contribution in [2.45, 2.75) is 52.7 Å². The van der Waals surface area contributed by atoms with Gasteiger partial charge in [0, 0.05) is 12.3 Å². The molecule has 0 radical (unpaired) electrons. The van der Waals surface area contributed by atoms with E-state index in [0.29, 0.717) is 13.0 Å². The van der Waals surface area contributed by atoms with Gasteiger partial charge in [0.1, 0.15) is 11.4 Å². The molecular formula is C16H25NO3. The summed E-state index contributed by atoms with van der Waals surface area (Å²) in [6.07, 6.45) is 0.762. The van der Waals surface area contributed by atoms with Crippen molar-refractivity contribution in [3.05, 3.63) is 24.3 Å². The summed E-state index contributed by atoms with van der Waals surface area (Å²) in [4.78, 5) is 12.3. The third-order valence-corrected chi connectivity index (χ3v) is 3.10.